The molecular weight excluding hydrogens is 442 g/mol. The number of ether oxygens (including phenoxy) is 2. The molecule has 0 aliphatic carbocycles. The Morgan fingerprint density at radius 3 is 2.54 bits per heavy atom. The third-order valence-corrected chi connectivity index (χ3v) is 5.77. The van der Waals surface area contributed by atoms with Gasteiger partial charge in [0.25, 0.3) is 5.91 Å². The standard InChI is InChI=1S/C28H31N3O4/c1-31(19-21-7-3-2-4-8-21)28(33)22-9-5-10-24(17-22)29-18-27(32)30-23-12-14-25(15-13-23)35-20-26-11-6-16-34-26/h2-5,7-10,12-15,17,26,29H,6,11,16,18-20H2,1H3,(H,30,32). The van der Waals surface area contributed by atoms with Crippen LogP contribution in [0.25, 0.3) is 0 Å². The topological polar surface area (TPSA) is 79.9 Å². The Labute approximate surface area is 206 Å². The maximum atomic E-state index is 12.8. The number of hydrogen-bond donors (Lipinski definition) is 2. The summed E-state index contributed by atoms with van der Waals surface area (Å²) in [6, 6.07) is 24.3. The van der Waals surface area contributed by atoms with E-state index < -0.39 is 0 Å². The fourth-order valence-corrected chi connectivity index (χ4v) is 3.90. The fraction of sp³-hybridized carbons (Fsp3) is 0.286. The Morgan fingerprint density at radius 1 is 1.00 bits per heavy atom. The van der Waals surface area contributed by atoms with Gasteiger partial charge in [0.2, 0.25) is 5.91 Å². The highest BCUT2D eigenvalue weighted by molar-refractivity contribution is 5.96. The zero-order chi connectivity index (χ0) is 24.5. The van der Waals surface area contributed by atoms with Crippen LogP contribution in [0, 0.1) is 0 Å². The van der Waals surface area contributed by atoms with E-state index in [0.29, 0.717) is 30.1 Å². The molecule has 1 heterocycles. The second-order valence-electron chi connectivity index (χ2n) is 8.60. The summed E-state index contributed by atoms with van der Waals surface area (Å²) in [5.41, 5.74) is 3.02. The number of hydrogen-bond acceptors (Lipinski definition) is 5. The smallest absolute Gasteiger partial charge is 0.253 e. The second-order valence-corrected chi connectivity index (χ2v) is 8.60. The highest BCUT2D eigenvalue weighted by Gasteiger charge is 2.16. The largest absolute Gasteiger partial charge is 0.491 e. The number of rotatable bonds is 10. The lowest BCUT2D eigenvalue weighted by Gasteiger charge is -2.18. The quantitative estimate of drug-likeness (QED) is 0.451. The molecule has 1 aliphatic heterocycles. The van der Waals surface area contributed by atoms with Crippen LogP contribution >= 0.6 is 0 Å². The molecule has 2 amide bonds. The number of carbonyl (C=O) groups excluding carboxylic acids is 2. The Morgan fingerprint density at radius 2 is 1.80 bits per heavy atom. The molecule has 1 fully saturated rings. The van der Waals surface area contributed by atoms with Crippen LogP contribution in [-0.4, -0.2) is 49.6 Å². The van der Waals surface area contributed by atoms with Gasteiger partial charge in [0, 0.05) is 37.1 Å². The predicted molar refractivity (Wildman–Crippen MR) is 137 cm³/mol. The van der Waals surface area contributed by atoms with Crippen LogP contribution < -0.4 is 15.4 Å². The SMILES string of the molecule is CN(Cc1ccccc1)C(=O)c1cccc(NCC(=O)Nc2ccc(OCC3CCCO3)cc2)c1. The van der Waals surface area contributed by atoms with Crippen LogP contribution in [0.1, 0.15) is 28.8 Å². The average molecular weight is 474 g/mol. The van der Waals surface area contributed by atoms with Gasteiger partial charge in [0.15, 0.2) is 0 Å². The lowest BCUT2D eigenvalue weighted by Crippen LogP contribution is -2.26. The normalized spacial score (nSPS) is 14.8. The van der Waals surface area contributed by atoms with Crippen LogP contribution in [0.2, 0.25) is 0 Å². The van der Waals surface area contributed by atoms with Crippen molar-refractivity contribution >= 4 is 23.2 Å². The molecule has 35 heavy (non-hydrogen) atoms. The summed E-state index contributed by atoms with van der Waals surface area (Å²) in [7, 11) is 1.78. The van der Waals surface area contributed by atoms with Gasteiger partial charge in [0.05, 0.1) is 12.6 Å². The van der Waals surface area contributed by atoms with Crippen LogP contribution in [0.5, 0.6) is 5.75 Å². The summed E-state index contributed by atoms with van der Waals surface area (Å²) in [4.78, 5) is 26.9. The first-order valence-electron chi connectivity index (χ1n) is 11.8. The van der Waals surface area contributed by atoms with E-state index in [2.05, 4.69) is 10.6 Å². The molecule has 0 radical (unpaired) electrons. The molecule has 7 nitrogen and oxygen atoms in total. The molecule has 182 valence electrons. The van der Waals surface area contributed by atoms with Gasteiger partial charge in [-0.3, -0.25) is 9.59 Å². The van der Waals surface area contributed by atoms with Gasteiger partial charge in [-0.25, -0.2) is 0 Å². The van der Waals surface area contributed by atoms with Crippen molar-refractivity contribution in [1.82, 2.24) is 4.90 Å². The maximum Gasteiger partial charge on any atom is 0.253 e. The summed E-state index contributed by atoms with van der Waals surface area (Å²) >= 11 is 0. The average Bonchev–Trinajstić information content (AvgIpc) is 3.41. The van der Waals surface area contributed by atoms with E-state index in [4.69, 9.17) is 9.47 Å². The van der Waals surface area contributed by atoms with Crippen molar-refractivity contribution in [3.8, 4) is 5.75 Å². The first kappa shape index (κ1) is 24.3. The van der Waals surface area contributed by atoms with Gasteiger partial charge < -0.3 is 25.0 Å². The van der Waals surface area contributed by atoms with Gasteiger partial charge >= 0.3 is 0 Å². The van der Waals surface area contributed by atoms with E-state index in [1.165, 1.54) is 0 Å². The number of amides is 2. The van der Waals surface area contributed by atoms with Crippen molar-refractivity contribution in [2.24, 2.45) is 0 Å². The Bertz CT molecular complexity index is 1110. The minimum absolute atomic E-state index is 0.0781. The van der Waals surface area contributed by atoms with Crippen LogP contribution in [-0.2, 0) is 16.1 Å². The molecular formula is C28H31N3O4. The summed E-state index contributed by atoms with van der Waals surface area (Å²) in [6.07, 6.45) is 2.28. The molecule has 1 saturated heterocycles. The number of nitrogens with zero attached hydrogens (tertiary/aromatic N) is 1. The van der Waals surface area contributed by atoms with E-state index >= 15 is 0 Å². The maximum absolute atomic E-state index is 12.8. The van der Waals surface area contributed by atoms with Crippen LogP contribution in [0.15, 0.2) is 78.9 Å². The summed E-state index contributed by atoms with van der Waals surface area (Å²) in [5.74, 6) is 0.482. The molecule has 1 atom stereocenters. The van der Waals surface area contributed by atoms with Gasteiger partial charge in [-0.05, 0) is 60.9 Å². The number of anilines is 2. The lowest BCUT2D eigenvalue weighted by molar-refractivity contribution is -0.114. The molecule has 4 rings (SSSR count). The van der Waals surface area contributed by atoms with Crippen LogP contribution in [0.3, 0.4) is 0 Å². The van der Waals surface area contributed by atoms with Crippen molar-refractivity contribution in [3.05, 3.63) is 90.0 Å². The fourth-order valence-electron chi connectivity index (χ4n) is 3.90. The monoisotopic (exact) mass is 473 g/mol. The minimum Gasteiger partial charge on any atom is -0.491 e. The Kier molecular flexibility index (Phi) is 8.35. The zero-order valence-electron chi connectivity index (χ0n) is 19.9. The van der Waals surface area contributed by atoms with Gasteiger partial charge in [-0.1, -0.05) is 36.4 Å². The second kappa shape index (κ2) is 12.0. The Balaban J connectivity index is 1.24. The van der Waals surface area contributed by atoms with Crippen molar-refractivity contribution in [2.45, 2.75) is 25.5 Å². The zero-order valence-corrected chi connectivity index (χ0v) is 19.9. The first-order chi connectivity index (χ1) is 17.1. The molecule has 0 aromatic heterocycles. The van der Waals surface area contributed by atoms with E-state index in [-0.39, 0.29) is 24.5 Å². The molecule has 3 aromatic carbocycles. The van der Waals surface area contributed by atoms with E-state index in [1.54, 1.807) is 30.1 Å². The molecule has 1 unspecified atom stereocenters. The highest BCUT2D eigenvalue weighted by Crippen LogP contribution is 2.19. The molecule has 7 heteroatoms. The minimum atomic E-state index is -0.184. The summed E-state index contributed by atoms with van der Waals surface area (Å²) in [6.45, 7) is 1.95. The van der Waals surface area contributed by atoms with Crippen molar-refractivity contribution in [3.63, 3.8) is 0 Å². The lowest BCUT2D eigenvalue weighted by atomic mass is 10.1. The number of nitrogens with one attached hydrogen (secondary N) is 2. The van der Waals surface area contributed by atoms with E-state index in [9.17, 15) is 9.59 Å². The molecule has 2 N–H and O–H groups in total. The molecule has 0 spiro atoms. The molecule has 0 bridgehead atoms. The highest BCUT2D eigenvalue weighted by atomic mass is 16.5. The summed E-state index contributed by atoms with van der Waals surface area (Å²) in [5, 5.41) is 5.95. The van der Waals surface area contributed by atoms with Gasteiger partial charge in [0.1, 0.15) is 12.4 Å². The van der Waals surface area contributed by atoms with Crippen LogP contribution in [0.4, 0.5) is 11.4 Å². The number of benzene rings is 3. The van der Waals surface area contributed by atoms with E-state index in [0.717, 1.165) is 30.8 Å². The van der Waals surface area contributed by atoms with Crippen molar-refractivity contribution < 1.29 is 19.1 Å². The van der Waals surface area contributed by atoms with Gasteiger partial charge in [-0.2, -0.15) is 0 Å². The first-order valence-corrected chi connectivity index (χ1v) is 11.8. The van der Waals surface area contributed by atoms with Gasteiger partial charge in [-0.15, -0.1) is 0 Å². The molecule has 3 aromatic rings. The molecule has 1 aliphatic rings. The third kappa shape index (κ3) is 7.32. The predicted octanol–water partition coefficient (Wildman–Crippen LogP) is 4.57. The van der Waals surface area contributed by atoms with E-state index in [1.807, 2.05) is 60.7 Å². The van der Waals surface area contributed by atoms with Crippen molar-refractivity contribution in [1.29, 1.82) is 0 Å². The number of carbonyl (C=O) groups is 2. The summed E-state index contributed by atoms with van der Waals surface area (Å²) < 4.78 is 11.3. The molecule has 0 saturated carbocycles. The van der Waals surface area contributed by atoms with Crippen molar-refractivity contribution in [2.75, 3.05) is 37.4 Å². The third-order valence-electron chi connectivity index (χ3n) is 5.77. The Hall–Kier alpha value is -3.84.